The van der Waals surface area contributed by atoms with Crippen LogP contribution in [0.3, 0.4) is 0 Å². The Morgan fingerprint density at radius 2 is 1.77 bits per heavy atom. The van der Waals surface area contributed by atoms with Gasteiger partial charge in [-0.05, 0) is 12.5 Å². The van der Waals surface area contributed by atoms with Gasteiger partial charge in [-0.1, -0.05) is 48.9 Å². The van der Waals surface area contributed by atoms with Crippen LogP contribution in [0.5, 0.6) is 0 Å². The van der Waals surface area contributed by atoms with Crippen molar-refractivity contribution in [2.24, 2.45) is 5.18 Å². The third-order valence-corrected chi connectivity index (χ3v) is 2.29. The number of nitrogens with zero attached hydrogens (tertiary/aromatic N) is 1. The zero-order valence-electron chi connectivity index (χ0n) is 8.37. The summed E-state index contributed by atoms with van der Waals surface area (Å²) >= 11 is 0. The average molecular weight is 177 g/mol. The van der Waals surface area contributed by atoms with Gasteiger partial charge in [0.25, 0.3) is 0 Å². The summed E-state index contributed by atoms with van der Waals surface area (Å²) in [7, 11) is 0. The zero-order chi connectivity index (χ0) is 9.90. The standard InChI is InChI=1S/C11H15NO/c1-9-4-6-10(7-5-9)11(2,3)8-12-13/h4-7H,8H2,1-3H3. The first-order valence-electron chi connectivity index (χ1n) is 4.42. The number of nitroso groups, excluding NO2 is 1. The maximum Gasteiger partial charge on any atom is 0.0902 e. The molecule has 0 saturated heterocycles. The molecule has 1 aromatic carbocycles. The van der Waals surface area contributed by atoms with E-state index in [1.807, 2.05) is 13.8 Å². The largest absolute Gasteiger partial charge is 0.151 e. The molecule has 13 heavy (non-hydrogen) atoms. The zero-order valence-corrected chi connectivity index (χ0v) is 8.37. The van der Waals surface area contributed by atoms with Crippen molar-refractivity contribution >= 4 is 0 Å². The summed E-state index contributed by atoms with van der Waals surface area (Å²) in [5, 5.41) is 2.96. The number of rotatable bonds is 3. The topological polar surface area (TPSA) is 29.4 Å². The smallest absolute Gasteiger partial charge is 0.0902 e. The second-order valence-corrected chi connectivity index (χ2v) is 4.04. The molecule has 0 aliphatic carbocycles. The lowest BCUT2D eigenvalue weighted by molar-refractivity contribution is 0.538. The highest BCUT2D eigenvalue weighted by Crippen LogP contribution is 2.23. The molecule has 0 aliphatic heterocycles. The minimum absolute atomic E-state index is 0.143. The summed E-state index contributed by atoms with van der Waals surface area (Å²) < 4.78 is 0. The molecule has 0 fully saturated rings. The van der Waals surface area contributed by atoms with Crippen molar-refractivity contribution in [1.29, 1.82) is 0 Å². The van der Waals surface area contributed by atoms with Crippen LogP contribution in [0.15, 0.2) is 29.4 Å². The van der Waals surface area contributed by atoms with Crippen LogP contribution in [-0.2, 0) is 5.41 Å². The summed E-state index contributed by atoms with van der Waals surface area (Å²) in [6, 6.07) is 8.23. The lowest BCUT2D eigenvalue weighted by atomic mass is 9.84. The molecule has 0 aromatic heterocycles. The molecular formula is C11H15NO. The van der Waals surface area contributed by atoms with Crippen molar-refractivity contribution in [2.75, 3.05) is 6.54 Å². The Hall–Kier alpha value is -1.18. The number of benzene rings is 1. The van der Waals surface area contributed by atoms with Gasteiger partial charge in [0.05, 0.1) is 6.54 Å². The Morgan fingerprint density at radius 1 is 1.23 bits per heavy atom. The summed E-state index contributed by atoms with van der Waals surface area (Å²) in [5.74, 6) is 0. The van der Waals surface area contributed by atoms with Crippen LogP contribution >= 0.6 is 0 Å². The Kier molecular flexibility index (Phi) is 2.81. The molecule has 0 unspecified atom stereocenters. The lowest BCUT2D eigenvalue weighted by Crippen LogP contribution is -2.20. The van der Waals surface area contributed by atoms with Gasteiger partial charge in [-0.25, -0.2) is 0 Å². The predicted octanol–water partition coefficient (Wildman–Crippen LogP) is 3.04. The summed E-state index contributed by atoms with van der Waals surface area (Å²) in [5.41, 5.74) is 2.26. The molecule has 0 heterocycles. The first-order chi connectivity index (χ1) is 6.06. The van der Waals surface area contributed by atoms with Crippen LogP contribution in [0.1, 0.15) is 25.0 Å². The Morgan fingerprint density at radius 3 is 2.23 bits per heavy atom. The number of hydrogen-bond acceptors (Lipinski definition) is 2. The molecule has 0 N–H and O–H groups in total. The monoisotopic (exact) mass is 177 g/mol. The fourth-order valence-corrected chi connectivity index (χ4v) is 1.26. The third-order valence-electron chi connectivity index (χ3n) is 2.29. The second kappa shape index (κ2) is 3.69. The van der Waals surface area contributed by atoms with Gasteiger partial charge in [0.2, 0.25) is 0 Å². The van der Waals surface area contributed by atoms with Crippen LogP contribution in [0.4, 0.5) is 0 Å². The molecule has 1 aromatic rings. The molecule has 0 amide bonds. The first kappa shape index (κ1) is 9.90. The van der Waals surface area contributed by atoms with E-state index in [1.165, 1.54) is 5.56 Å². The quantitative estimate of drug-likeness (QED) is 0.652. The van der Waals surface area contributed by atoms with E-state index < -0.39 is 0 Å². The van der Waals surface area contributed by atoms with Crippen molar-refractivity contribution in [2.45, 2.75) is 26.2 Å². The van der Waals surface area contributed by atoms with Crippen LogP contribution in [0, 0.1) is 11.8 Å². The van der Waals surface area contributed by atoms with Crippen molar-refractivity contribution in [3.8, 4) is 0 Å². The molecule has 2 heteroatoms. The van der Waals surface area contributed by atoms with E-state index in [1.54, 1.807) is 0 Å². The van der Waals surface area contributed by atoms with Gasteiger partial charge in [0.15, 0.2) is 0 Å². The van der Waals surface area contributed by atoms with Gasteiger partial charge in [0.1, 0.15) is 0 Å². The van der Waals surface area contributed by atoms with Gasteiger partial charge in [-0.3, -0.25) is 0 Å². The van der Waals surface area contributed by atoms with Crippen LogP contribution in [-0.4, -0.2) is 6.54 Å². The van der Waals surface area contributed by atoms with E-state index in [9.17, 15) is 4.91 Å². The molecule has 0 bridgehead atoms. The Bertz CT molecular complexity index is 287. The van der Waals surface area contributed by atoms with Crippen LogP contribution in [0.25, 0.3) is 0 Å². The molecule has 70 valence electrons. The molecule has 0 radical (unpaired) electrons. The highest BCUT2D eigenvalue weighted by molar-refractivity contribution is 5.27. The molecule has 1 rings (SSSR count). The number of aryl methyl sites for hydroxylation is 1. The Balaban J connectivity index is 2.93. The fourth-order valence-electron chi connectivity index (χ4n) is 1.26. The van der Waals surface area contributed by atoms with Crippen molar-refractivity contribution in [3.05, 3.63) is 40.3 Å². The van der Waals surface area contributed by atoms with E-state index in [2.05, 4.69) is 36.4 Å². The third kappa shape index (κ3) is 2.38. The molecular weight excluding hydrogens is 162 g/mol. The highest BCUT2D eigenvalue weighted by Gasteiger charge is 2.20. The van der Waals surface area contributed by atoms with Crippen LogP contribution < -0.4 is 0 Å². The Labute approximate surface area is 79.0 Å². The number of hydrogen-bond donors (Lipinski definition) is 0. The molecule has 0 spiro atoms. The fraction of sp³-hybridized carbons (Fsp3) is 0.455. The summed E-state index contributed by atoms with van der Waals surface area (Å²) in [6.45, 7) is 6.43. The van der Waals surface area contributed by atoms with Gasteiger partial charge >= 0.3 is 0 Å². The van der Waals surface area contributed by atoms with Crippen molar-refractivity contribution in [1.82, 2.24) is 0 Å². The minimum atomic E-state index is -0.143. The SMILES string of the molecule is Cc1ccc(C(C)(C)CN=O)cc1. The van der Waals surface area contributed by atoms with Gasteiger partial charge in [-0.15, -0.1) is 0 Å². The summed E-state index contributed by atoms with van der Waals surface area (Å²) in [6.07, 6.45) is 0. The van der Waals surface area contributed by atoms with Gasteiger partial charge in [0, 0.05) is 5.41 Å². The van der Waals surface area contributed by atoms with Crippen molar-refractivity contribution < 1.29 is 0 Å². The highest BCUT2D eigenvalue weighted by atomic mass is 16.3. The summed E-state index contributed by atoms with van der Waals surface area (Å²) in [4.78, 5) is 10.2. The van der Waals surface area contributed by atoms with E-state index in [4.69, 9.17) is 0 Å². The molecule has 2 nitrogen and oxygen atoms in total. The minimum Gasteiger partial charge on any atom is -0.151 e. The van der Waals surface area contributed by atoms with E-state index in [-0.39, 0.29) is 5.41 Å². The maximum absolute atomic E-state index is 10.2. The van der Waals surface area contributed by atoms with E-state index in [0.29, 0.717) is 6.54 Å². The first-order valence-corrected chi connectivity index (χ1v) is 4.42. The van der Waals surface area contributed by atoms with Gasteiger partial charge < -0.3 is 0 Å². The van der Waals surface area contributed by atoms with E-state index in [0.717, 1.165) is 5.56 Å². The molecule has 0 saturated carbocycles. The van der Waals surface area contributed by atoms with Crippen molar-refractivity contribution in [3.63, 3.8) is 0 Å². The van der Waals surface area contributed by atoms with E-state index >= 15 is 0 Å². The van der Waals surface area contributed by atoms with Gasteiger partial charge in [-0.2, -0.15) is 4.91 Å². The van der Waals surface area contributed by atoms with Crippen LogP contribution in [0.2, 0.25) is 0 Å². The molecule has 0 aliphatic rings. The predicted molar refractivity (Wildman–Crippen MR) is 54.9 cm³/mol. The normalized spacial score (nSPS) is 11.3. The second-order valence-electron chi connectivity index (χ2n) is 4.04. The lowest BCUT2D eigenvalue weighted by Gasteiger charge is -2.21. The maximum atomic E-state index is 10.2. The average Bonchev–Trinajstić information content (AvgIpc) is 2.05. The molecule has 0 atom stereocenters.